The van der Waals surface area contributed by atoms with Crippen LogP contribution in [0.5, 0.6) is 0 Å². The van der Waals surface area contributed by atoms with E-state index in [0.717, 1.165) is 12.0 Å². The number of hydrogen-bond donors (Lipinski definition) is 1. The molecule has 1 aliphatic carbocycles. The zero-order valence-electron chi connectivity index (χ0n) is 11.0. The number of benzene rings is 1. The van der Waals surface area contributed by atoms with Crippen molar-refractivity contribution in [2.24, 2.45) is 11.8 Å². The Kier molecular flexibility index (Phi) is 3.42. The van der Waals surface area contributed by atoms with Crippen LogP contribution in [0, 0.1) is 11.8 Å². The molecule has 106 valence electrons. The van der Waals surface area contributed by atoms with E-state index in [9.17, 15) is 9.59 Å². The SMILES string of the molecule is O=C(O)[C@@H]1CCN(C(=O)[C@H]2C[C@H]2c2cccc(Cl)c2)C1. The predicted octanol–water partition coefficient (Wildman–Crippen LogP) is 2.38. The number of carboxylic acids is 1. The van der Waals surface area contributed by atoms with E-state index in [4.69, 9.17) is 16.7 Å². The second-order valence-corrected chi connectivity index (χ2v) is 6.05. The number of carbonyl (C=O) groups excluding carboxylic acids is 1. The quantitative estimate of drug-likeness (QED) is 0.931. The minimum absolute atomic E-state index is 0.000937. The molecule has 1 aromatic rings. The van der Waals surface area contributed by atoms with Gasteiger partial charge in [-0.2, -0.15) is 0 Å². The van der Waals surface area contributed by atoms with Crippen molar-refractivity contribution in [2.75, 3.05) is 13.1 Å². The minimum atomic E-state index is -0.803. The molecule has 1 N–H and O–H groups in total. The van der Waals surface area contributed by atoms with Crippen molar-refractivity contribution >= 4 is 23.5 Å². The Morgan fingerprint density at radius 3 is 2.80 bits per heavy atom. The molecule has 3 atom stereocenters. The lowest BCUT2D eigenvalue weighted by Gasteiger charge is -2.15. The lowest BCUT2D eigenvalue weighted by atomic mass is 10.1. The number of aliphatic carboxylic acids is 1. The van der Waals surface area contributed by atoms with E-state index >= 15 is 0 Å². The number of hydrogen-bond acceptors (Lipinski definition) is 2. The molecule has 2 aliphatic rings. The molecule has 2 fully saturated rings. The van der Waals surface area contributed by atoms with Crippen LogP contribution in [0.15, 0.2) is 24.3 Å². The highest BCUT2D eigenvalue weighted by molar-refractivity contribution is 6.30. The molecule has 1 amide bonds. The van der Waals surface area contributed by atoms with E-state index in [1.165, 1.54) is 0 Å². The van der Waals surface area contributed by atoms with E-state index in [-0.39, 0.29) is 17.7 Å². The van der Waals surface area contributed by atoms with Crippen molar-refractivity contribution in [2.45, 2.75) is 18.8 Å². The molecule has 1 aliphatic heterocycles. The van der Waals surface area contributed by atoms with Crippen LogP contribution in [0.2, 0.25) is 5.02 Å². The van der Waals surface area contributed by atoms with Crippen molar-refractivity contribution in [3.05, 3.63) is 34.9 Å². The van der Waals surface area contributed by atoms with Gasteiger partial charge in [0.2, 0.25) is 5.91 Å². The van der Waals surface area contributed by atoms with Crippen LogP contribution in [0.1, 0.15) is 24.3 Å². The first kappa shape index (κ1) is 13.4. The van der Waals surface area contributed by atoms with E-state index in [0.29, 0.717) is 24.5 Å². The first-order chi connectivity index (χ1) is 9.56. The van der Waals surface area contributed by atoms with Gasteiger partial charge in [0.15, 0.2) is 0 Å². The van der Waals surface area contributed by atoms with E-state index in [1.54, 1.807) is 4.90 Å². The van der Waals surface area contributed by atoms with Crippen molar-refractivity contribution in [3.63, 3.8) is 0 Å². The number of likely N-dealkylation sites (tertiary alicyclic amines) is 1. The first-order valence-electron chi connectivity index (χ1n) is 6.83. The molecule has 0 spiro atoms. The van der Waals surface area contributed by atoms with Gasteiger partial charge < -0.3 is 10.0 Å². The Balaban J connectivity index is 1.62. The van der Waals surface area contributed by atoms with Crippen molar-refractivity contribution in [1.29, 1.82) is 0 Å². The molecule has 3 rings (SSSR count). The summed E-state index contributed by atoms with van der Waals surface area (Å²) in [4.78, 5) is 25.0. The molecule has 0 unspecified atom stereocenters. The Morgan fingerprint density at radius 1 is 1.35 bits per heavy atom. The summed E-state index contributed by atoms with van der Waals surface area (Å²) < 4.78 is 0. The summed E-state index contributed by atoms with van der Waals surface area (Å²) in [5.41, 5.74) is 1.10. The summed E-state index contributed by atoms with van der Waals surface area (Å²) in [6.45, 7) is 0.918. The fraction of sp³-hybridized carbons (Fsp3) is 0.467. The smallest absolute Gasteiger partial charge is 0.308 e. The van der Waals surface area contributed by atoms with E-state index in [2.05, 4.69) is 0 Å². The highest BCUT2D eigenvalue weighted by atomic mass is 35.5. The van der Waals surface area contributed by atoms with Gasteiger partial charge in [-0.25, -0.2) is 0 Å². The summed E-state index contributed by atoms with van der Waals surface area (Å²) in [6, 6.07) is 7.62. The molecule has 4 nitrogen and oxygen atoms in total. The Hall–Kier alpha value is -1.55. The third-order valence-electron chi connectivity index (χ3n) is 4.23. The predicted molar refractivity (Wildman–Crippen MR) is 74.6 cm³/mol. The van der Waals surface area contributed by atoms with Gasteiger partial charge in [0.1, 0.15) is 0 Å². The van der Waals surface area contributed by atoms with Gasteiger partial charge in [0, 0.05) is 24.0 Å². The zero-order valence-corrected chi connectivity index (χ0v) is 11.7. The number of carbonyl (C=O) groups is 2. The zero-order chi connectivity index (χ0) is 14.3. The lowest BCUT2D eigenvalue weighted by molar-refractivity contribution is -0.141. The maximum absolute atomic E-state index is 12.3. The molecule has 1 aromatic carbocycles. The van der Waals surface area contributed by atoms with Crippen molar-refractivity contribution in [1.82, 2.24) is 4.90 Å². The average molecular weight is 294 g/mol. The second kappa shape index (κ2) is 5.09. The molecule has 0 aromatic heterocycles. The van der Waals surface area contributed by atoms with Crippen LogP contribution in [-0.2, 0) is 9.59 Å². The molecule has 5 heteroatoms. The number of amides is 1. The molecular weight excluding hydrogens is 278 g/mol. The monoisotopic (exact) mass is 293 g/mol. The molecule has 20 heavy (non-hydrogen) atoms. The Bertz CT molecular complexity index is 560. The van der Waals surface area contributed by atoms with Crippen LogP contribution < -0.4 is 0 Å². The van der Waals surface area contributed by atoms with Crippen LogP contribution in [0.25, 0.3) is 0 Å². The number of nitrogens with zero attached hydrogens (tertiary/aromatic N) is 1. The van der Waals surface area contributed by atoms with Crippen molar-refractivity contribution < 1.29 is 14.7 Å². The van der Waals surface area contributed by atoms with Crippen LogP contribution in [-0.4, -0.2) is 35.0 Å². The van der Waals surface area contributed by atoms with Gasteiger partial charge in [-0.05, 0) is 36.5 Å². The maximum atomic E-state index is 12.3. The highest BCUT2D eigenvalue weighted by Gasteiger charge is 2.47. The summed E-state index contributed by atoms with van der Waals surface area (Å²) in [6.07, 6.45) is 1.41. The Labute approximate surface area is 122 Å². The second-order valence-electron chi connectivity index (χ2n) is 5.61. The van der Waals surface area contributed by atoms with Gasteiger partial charge in [0.05, 0.1) is 5.92 Å². The molecule has 0 radical (unpaired) electrons. The summed E-state index contributed by atoms with van der Waals surface area (Å²) >= 11 is 5.96. The lowest BCUT2D eigenvalue weighted by Crippen LogP contribution is -2.31. The topological polar surface area (TPSA) is 57.6 Å². The number of rotatable bonds is 3. The van der Waals surface area contributed by atoms with Crippen LogP contribution in [0.4, 0.5) is 0 Å². The largest absolute Gasteiger partial charge is 0.481 e. The fourth-order valence-corrected chi connectivity index (χ4v) is 3.17. The summed E-state index contributed by atoms with van der Waals surface area (Å²) in [5.74, 6) is -0.866. The average Bonchev–Trinajstić information content (AvgIpc) is 3.06. The van der Waals surface area contributed by atoms with Crippen molar-refractivity contribution in [3.8, 4) is 0 Å². The maximum Gasteiger partial charge on any atom is 0.308 e. The Morgan fingerprint density at radius 2 is 2.15 bits per heavy atom. The molecule has 1 saturated carbocycles. The third-order valence-corrected chi connectivity index (χ3v) is 4.47. The minimum Gasteiger partial charge on any atom is -0.481 e. The van der Waals surface area contributed by atoms with Gasteiger partial charge >= 0.3 is 5.97 Å². The van der Waals surface area contributed by atoms with Gasteiger partial charge in [-0.15, -0.1) is 0 Å². The highest BCUT2D eigenvalue weighted by Crippen LogP contribution is 2.49. The summed E-state index contributed by atoms with van der Waals surface area (Å²) in [5, 5.41) is 9.66. The standard InChI is InChI=1S/C15H16ClNO3/c16-11-3-1-2-9(6-11)12-7-13(12)14(18)17-5-4-10(8-17)15(19)20/h1-3,6,10,12-13H,4-5,7-8H2,(H,19,20)/t10-,12+,13+/m1/s1. The molecule has 1 heterocycles. The molecular formula is C15H16ClNO3. The molecule has 0 bridgehead atoms. The summed E-state index contributed by atoms with van der Waals surface area (Å²) in [7, 11) is 0. The fourth-order valence-electron chi connectivity index (χ4n) is 2.97. The van der Waals surface area contributed by atoms with Crippen LogP contribution >= 0.6 is 11.6 Å². The third kappa shape index (κ3) is 2.52. The van der Waals surface area contributed by atoms with Gasteiger partial charge in [-0.3, -0.25) is 9.59 Å². The first-order valence-corrected chi connectivity index (χ1v) is 7.21. The van der Waals surface area contributed by atoms with Crippen LogP contribution in [0.3, 0.4) is 0 Å². The molecule has 1 saturated heterocycles. The van der Waals surface area contributed by atoms with Gasteiger partial charge in [-0.1, -0.05) is 23.7 Å². The van der Waals surface area contributed by atoms with E-state index < -0.39 is 11.9 Å². The normalized spacial score (nSPS) is 28.4. The van der Waals surface area contributed by atoms with E-state index in [1.807, 2.05) is 24.3 Å². The number of carboxylic acid groups (broad SMARTS) is 1. The van der Waals surface area contributed by atoms with Gasteiger partial charge in [0.25, 0.3) is 0 Å². The number of halogens is 1.